The van der Waals surface area contributed by atoms with Crippen LogP contribution < -0.4 is 4.72 Å². The molecular formula is C12H18ClNO3S. The van der Waals surface area contributed by atoms with Crippen molar-refractivity contribution in [3.63, 3.8) is 0 Å². The summed E-state index contributed by atoms with van der Waals surface area (Å²) in [5, 5.41) is 9.23. The minimum Gasteiger partial charge on any atom is -0.396 e. The second kappa shape index (κ2) is 6.52. The largest absolute Gasteiger partial charge is 0.396 e. The normalized spacial score (nSPS) is 13.6. The molecule has 0 aliphatic heterocycles. The summed E-state index contributed by atoms with van der Waals surface area (Å²) in [5.41, 5.74) is 0.615. The van der Waals surface area contributed by atoms with Gasteiger partial charge in [-0.25, -0.2) is 13.1 Å². The Hall–Kier alpha value is -0.620. The quantitative estimate of drug-likeness (QED) is 0.843. The molecular weight excluding hydrogens is 274 g/mol. The Bertz CT molecular complexity index is 502. The van der Waals surface area contributed by atoms with Crippen molar-refractivity contribution in [2.75, 3.05) is 6.61 Å². The molecule has 1 atom stereocenters. The molecule has 0 spiro atoms. The first-order valence-corrected chi connectivity index (χ1v) is 7.62. The Morgan fingerprint density at radius 2 is 2.11 bits per heavy atom. The van der Waals surface area contributed by atoms with E-state index in [-0.39, 0.29) is 17.5 Å². The third-order valence-corrected chi connectivity index (χ3v) is 4.56. The number of sulfonamides is 1. The second-order valence-electron chi connectivity index (χ2n) is 4.30. The predicted molar refractivity (Wildman–Crippen MR) is 72.3 cm³/mol. The number of hydrogen-bond donors (Lipinski definition) is 2. The van der Waals surface area contributed by atoms with Gasteiger partial charge in [0.15, 0.2) is 0 Å². The molecule has 0 bridgehead atoms. The lowest BCUT2D eigenvalue weighted by Gasteiger charge is -2.15. The van der Waals surface area contributed by atoms with E-state index < -0.39 is 10.0 Å². The number of aliphatic hydroxyl groups excluding tert-OH is 1. The maximum absolute atomic E-state index is 12.1. The van der Waals surface area contributed by atoms with Gasteiger partial charge in [-0.3, -0.25) is 0 Å². The lowest BCUT2D eigenvalue weighted by atomic mass is 10.2. The van der Waals surface area contributed by atoms with Crippen LogP contribution in [0, 0.1) is 6.92 Å². The molecule has 0 amide bonds. The highest BCUT2D eigenvalue weighted by Crippen LogP contribution is 2.20. The summed E-state index contributed by atoms with van der Waals surface area (Å²) in [7, 11) is -3.53. The summed E-state index contributed by atoms with van der Waals surface area (Å²) < 4.78 is 26.8. The van der Waals surface area contributed by atoms with Crippen LogP contribution in [0.25, 0.3) is 0 Å². The van der Waals surface area contributed by atoms with E-state index in [1.54, 1.807) is 26.0 Å². The lowest BCUT2D eigenvalue weighted by molar-refractivity contribution is 0.279. The maximum Gasteiger partial charge on any atom is 0.241 e. The van der Waals surface area contributed by atoms with Crippen LogP contribution in [0.5, 0.6) is 0 Å². The summed E-state index contributed by atoms with van der Waals surface area (Å²) in [6, 6.07) is 4.46. The van der Waals surface area contributed by atoms with Crippen molar-refractivity contribution in [2.45, 2.75) is 37.6 Å². The molecule has 0 radical (unpaired) electrons. The van der Waals surface area contributed by atoms with Gasteiger partial charge in [-0.15, -0.1) is 0 Å². The highest BCUT2D eigenvalue weighted by molar-refractivity contribution is 7.89. The minimum absolute atomic E-state index is 0.0615. The summed E-state index contributed by atoms with van der Waals surface area (Å²) >= 11 is 5.80. The zero-order valence-corrected chi connectivity index (χ0v) is 12.1. The van der Waals surface area contributed by atoms with Gasteiger partial charge >= 0.3 is 0 Å². The van der Waals surface area contributed by atoms with Gasteiger partial charge in [0.1, 0.15) is 0 Å². The average molecular weight is 292 g/mol. The van der Waals surface area contributed by atoms with Gasteiger partial charge in [-0.2, -0.15) is 0 Å². The van der Waals surface area contributed by atoms with E-state index in [0.29, 0.717) is 23.4 Å². The highest BCUT2D eigenvalue weighted by Gasteiger charge is 2.19. The van der Waals surface area contributed by atoms with E-state index in [4.69, 9.17) is 16.7 Å². The summed E-state index contributed by atoms with van der Waals surface area (Å²) in [6.07, 6.45) is 1.17. The van der Waals surface area contributed by atoms with Crippen molar-refractivity contribution in [2.24, 2.45) is 0 Å². The van der Waals surface area contributed by atoms with Crippen LogP contribution in [-0.4, -0.2) is 26.2 Å². The fourth-order valence-corrected chi connectivity index (χ4v) is 3.43. The van der Waals surface area contributed by atoms with Crippen molar-refractivity contribution in [3.8, 4) is 0 Å². The van der Waals surface area contributed by atoms with E-state index in [1.165, 1.54) is 6.07 Å². The smallest absolute Gasteiger partial charge is 0.241 e. The van der Waals surface area contributed by atoms with E-state index in [9.17, 15) is 8.42 Å². The SMILES string of the molecule is Cc1cc(Cl)ccc1S(=O)(=O)NC(C)CCCO. The third kappa shape index (κ3) is 4.24. The van der Waals surface area contributed by atoms with Crippen LogP contribution in [0.15, 0.2) is 23.1 Å². The molecule has 18 heavy (non-hydrogen) atoms. The van der Waals surface area contributed by atoms with Crippen LogP contribution in [0.4, 0.5) is 0 Å². The molecule has 6 heteroatoms. The van der Waals surface area contributed by atoms with Crippen LogP contribution in [0.3, 0.4) is 0 Å². The fraction of sp³-hybridized carbons (Fsp3) is 0.500. The van der Waals surface area contributed by atoms with Crippen LogP contribution in [0.1, 0.15) is 25.3 Å². The van der Waals surface area contributed by atoms with Crippen molar-refractivity contribution in [1.29, 1.82) is 0 Å². The first-order chi connectivity index (χ1) is 8.36. The molecule has 0 aliphatic rings. The summed E-state index contributed by atoms with van der Waals surface area (Å²) in [6.45, 7) is 3.54. The Balaban J connectivity index is 2.86. The maximum atomic E-state index is 12.1. The van der Waals surface area contributed by atoms with Crippen LogP contribution in [0.2, 0.25) is 5.02 Å². The number of benzene rings is 1. The molecule has 0 fully saturated rings. The van der Waals surface area contributed by atoms with Crippen molar-refractivity contribution in [3.05, 3.63) is 28.8 Å². The van der Waals surface area contributed by atoms with Gasteiger partial charge in [-0.1, -0.05) is 11.6 Å². The number of rotatable bonds is 6. The Labute approximate surface area is 113 Å². The van der Waals surface area contributed by atoms with Crippen molar-refractivity contribution >= 4 is 21.6 Å². The van der Waals surface area contributed by atoms with Gasteiger partial charge in [-0.05, 0) is 50.5 Å². The molecule has 0 heterocycles. The molecule has 0 aromatic heterocycles. The molecule has 1 aromatic rings. The van der Waals surface area contributed by atoms with Crippen LogP contribution in [-0.2, 0) is 10.0 Å². The number of aliphatic hydroxyl groups is 1. The lowest BCUT2D eigenvalue weighted by Crippen LogP contribution is -2.33. The highest BCUT2D eigenvalue weighted by atomic mass is 35.5. The van der Waals surface area contributed by atoms with Crippen LogP contribution >= 0.6 is 11.6 Å². The zero-order valence-electron chi connectivity index (χ0n) is 10.5. The van der Waals surface area contributed by atoms with E-state index in [0.717, 1.165) is 0 Å². The molecule has 1 unspecified atom stereocenters. The van der Waals surface area contributed by atoms with Gasteiger partial charge in [0, 0.05) is 17.7 Å². The molecule has 102 valence electrons. The molecule has 0 saturated heterocycles. The van der Waals surface area contributed by atoms with Crippen molar-refractivity contribution < 1.29 is 13.5 Å². The van der Waals surface area contributed by atoms with Gasteiger partial charge in [0.05, 0.1) is 4.90 Å². The second-order valence-corrected chi connectivity index (χ2v) is 6.42. The predicted octanol–water partition coefficient (Wildman–Crippen LogP) is 2.09. The first-order valence-electron chi connectivity index (χ1n) is 5.76. The Kier molecular flexibility index (Phi) is 5.59. The molecule has 2 N–H and O–H groups in total. The fourth-order valence-electron chi connectivity index (χ4n) is 1.70. The van der Waals surface area contributed by atoms with E-state index in [2.05, 4.69) is 4.72 Å². The van der Waals surface area contributed by atoms with E-state index >= 15 is 0 Å². The molecule has 0 aliphatic carbocycles. The van der Waals surface area contributed by atoms with E-state index in [1.807, 2.05) is 0 Å². The monoisotopic (exact) mass is 291 g/mol. The summed E-state index contributed by atoms with van der Waals surface area (Å²) in [4.78, 5) is 0.239. The topological polar surface area (TPSA) is 66.4 Å². The Morgan fingerprint density at radius 1 is 1.44 bits per heavy atom. The Morgan fingerprint density at radius 3 is 2.67 bits per heavy atom. The molecule has 4 nitrogen and oxygen atoms in total. The standard InChI is InChI=1S/C12H18ClNO3S/c1-9-8-11(13)5-6-12(9)18(16,17)14-10(2)4-3-7-15/h5-6,8,10,14-15H,3-4,7H2,1-2H3. The number of hydrogen-bond acceptors (Lipinski definition) is 3. The molecule has 1 aromatic carbocycles. The zero-order chi connectivity index (χ0) is 13.8. The summed E-state index contributed by atoms with van der Waals surface area (Å²) in [5.74, 6) is 0. The molecule has 1 rings (SSSR count). The van der Waals surface area contributed by atoms with Gasteiger partial charge in [0.2, 0.25) is 10.0 Å². The number of halogens is 1. The van der Waals surface area contributed by atoms with Gasteiger partial charge in [0.25, 0.3) is 0 Å². The van der Waals surface area contributed by atoms with Crippen molar-refractivity contribution in [1.82, 2.24) is 4.72 Å². The third-order valence-electron chi connectivity index (χ3n) is 2.58. The minimum atomic E-state index is -3.53. The first kappa shape index (κ1) is 15.4. The number of aryl methyl sites for hydroxylation is 1. The molecule has 0 saturated carbocycles. The number of nitrogens with one attached hydrogen (secondary N) is 1. The average Bonchev–Trinajstić information content (AvgIpc) is 2.25. The van der Waals surface area contributed by atoms with Gasteiger partial charge < -0.3 is 5.11 Å².